The van der Waals surface area contributed by atoms with Crippen LogP contribution in [0.5, 0.6) is 5.88 Å². The average molecular weight is 368 g/mol. The van der Waals surface area contributed by atoms with Crippen molar-refractivity contribution in [3.63, 3.8) is 0 Å². The highest BCUT2D eigenvalue weighted by Crippen LogP contribution is 2.25. The zero-order valence-electron chi connectivity index (χ0n) is 16.3. The lowest BCUT2D eigenvalue weighted by Crippen LogP contribution is -2.48. The third kappa shape index (κ3) is 4.98. The van der Waals surface area contributed by atoms with Crippen LogP contribution in [0.3, 0.4) is 0 Å². The highest BCUT2D eigenvalue weighted by atomic mass is 16.5. The second-order valence-corrected chi connectivity index (χ2v) is 6.54. The lowest BCUT2D eigenvalue weighted by atomic mass is 10.0. The summed E-state index contributed by atoms with van der Waals surface area (Å²) in [6, 6.07) is 12.3. The molecule has 0 aliphatic carbocycles. The van der Waals surface area contributed by atoms with E-state index in [2.05, 4.69) is 53.3 Å². The standard InChI is InChI=1S/C21H28N4O2/c1-4-22-21(24-14-17-9-10-23-20(13-17)26-3)25-11-12-27-19(15-25)18-8-6-5-7-16(18)2/h5-10,13,19H,4,11-12,14-15H2,1-3H3,(H,22,24). The molecule has 1 aromatic heterocycles. The number of aliphatic imine (C=N–C) groups is 1. The lowest BCUT2D eigenvalue weighted by molar-refractivity contribution is -0.00834. The van der Waals surface area contributed by atoms with Gasteiger partial charge in [-0.25, -0.2) is 9.98 Å². The van der Waals surface area contributed by atoms with E-state index in [4.69, 9.17) is 14.5 Å². The van der Waals surface area contributed by atoms with E-state index in [1.165, 1.54) is 11.1 Å². The van der Waals surface area contributed by atoms with Crippen molar-refractivity contribution in [2.75, 3.05) is 33.4 Å². The maximum Gasteiger partial charge on any atom is 0.213 e. The molecule has 1 aromatic carbocycles. The van der Waals surface area contributed by atoms with Crippen molar-refractivity contribution in [3.8, 4) is 5.88 Å². The van der Waals surface area contributed by atoms with Gasteiger partial charge in [0, 0.05) is 25.4 Å². The van der Waals surface area contributed by atoms with E-state index >= 15 is 0 Å². The average Bonchev–Trinajstić information content (AvgIpc) is 2.71. The Bertz CT molecular complexity index is 778. The molecule has 6 nitrogen and oxygen atoms in total. The quantitative estimate of drug-likeness (QED) is 0.650. The van der Waals surface area contributed by atoms with Crippen LogP contribution in [0.2, 0.25) is 0 Å². The molecule has 2 heterocycles. The third-order valence-electron chi connectivity index (χ3n) is 4.66. The van der Waals surface area contributed by atoms with Crippen LogP contribution in [-0.2, 0) is 11.3 Å². The SMILES string of the molecule is CCNC(=NCc1ccnc(OC)c1)N1CCOC(c2ccccc2C)C1. The van der Waals surface area contributed by atoms with Crippen LogP contribution in [0, 0.1) is 6.92 Å². The molecular weight excluding hydrogens is 340 g/mol. The van der Waals surface area contributed by atoms with Crippen molar-refractivity contribution in [1.82, 2.24) is 15.2 Å². The topological polar surface area (TPSA) is 59.0 Å². The zero-order valence-corrected chi connectivity index (χ0v) is 16.3. The number of nitrogens with zero attached hydrogens (tertiary/aromatic N) is 3. The molecule has 0 saturated carbocycles. The van der Waals surface area contributed by atoms with Gasteiger partial charge in [-0.05, 0) is 36.6 Å². The predicted octanol–water partition coefficient (Wildman–Crippen LogP) is 2.94. The summed E-state index contributed by atoms with van der Waals surface area (Å²) in [5.74, 6) is 1.52. The van der Waals surface area contributed by atoms with E-state index in [-0.39, 0.29) is 6.10 Å². The molecule has 1 fully saturated rings. The van der Waals surface area contributed by atoms with E-state index in [1.54, 1.807) is 13.3 Å². The minimum Gasteiger partial charge on any atom is -0.481 e. The molecular formula is C21H28N4O2. The zero-order chi connectivity index (χ0) is 19.1. The van der Waals surface area contributed by atoms with Gasteiger partial charge >= 0.3 is 0 Å². The summed E-state index contributed by atoms with van der Waals surface area (Å²) >= 11 is 0. The van der Waals surface area contributed by atoms with Crippen LogP contribution in [0.4, 0.5) is 0 Å². The Balaban J connectivity index is 1.74. The molecule has 3 rings (SSSR count). The summed E-state index contributed by atoms with van der Waals surface area (Å²) in [6.45, 7) is 7.92. The number of benzene rings is 1. The fourth-order valence-electron chi connectivity index (χ4n) is 3.23. The summed E-state index contributed by atoms with van der Waals surface area (Å²) < 4.78 is 11.2. The molecule has 144 valence electrons. The maximum atomic E-state index is 6.05. The highest BCUT2D eigenvalue weighted by molar-refractivity contribution is 5.80. The van der Waals surface area contributed by atoms with Crippen molar-refractivity contribution >= 4 is 5.96 Å². The number of aryl methyl sites for hydroxylation is 1. The van der Waals surface area contributed by atoms with E-state index in [1.807, 2.05) is 12.1 Å². The van der Waals surface area contributed by atoms with Crippen LogP contribution < -0.4 is 10.1 Å². The van der Waals surface area contributed by atoms with Gasteiger partial charge in [0.25, 0.3) is 0 Å². The molecule has 27 heavy (non-hydrogen) atoms. The number of pyridine rings is 1. The number of rotatable bonds is 5. The van der Waals surface area contributed by atoms with E-state index < -0.39 is 0 Å². The third-order valence-corrected chi connectivity index (χ3v) is 4.66. The number of hydrogen-bond acceptors (Lipinski definition) is 4. The summed E-state index contributed by atoms with van der Waals surface area (Å²) in [6.07, 6.45) is 1.81. The van der Waals surface area contributed by atoms with Crippen molar-refractivity contribution in [2.24, 2.45) is 4.99 Å². The van der Waals surface area contributed by atoms with Crippen LogP contribution in [-0.4, -0.2) is 49.2 Å². The van der Waals surface area contributed by atoms with Gasteiger partial charge in [0.1, 0.15) is 6.10 Å². The van der Waals surface area contributed by atoms with Crippen LogP contribution in [0.25, 0.3) is 0 Å². The van der Waals surface area contributed by atoms with Gasteiger partial charge in [-0.2, -0.15) is 0 Å². The van der Waals surface area contributed by atoms with Crippen LogP contribution in [0.1, 0.15) is 29.7 Å². The molecule has 6 heteroatoms. The minimum atomic E-state index is 0.0600. The molecule has 2 aromatic rings. The Morgan fingerprint density at radius 1 is 1.37 bits per heavy atom. The molecule has 1 aliphatic heterocycles. The van der Waals surface area contributed by atoms with Gasteiger partial charge < -0.3 is 19.7 Å². The monoisotopic (exact) mass is 368 g/mol. The second kappa shape index (κ2) is 9.37. The van der Waals surface area contributed by atoms with Crippen molar-refractivity contribution < 1.29 is 9.47 Å². The van der Waals surface area contributed by atoms with E-state index in [0.29, 0.717) is 19.0 Å². The van der Waals surface area contributed by atoms with Crippen molar-refractivity contribution in [2.45, 2.75) is 26.5 Å². The number of methoxy groups -OCH3 is 1. The predicted molar refractivity (Wildman–Crippen MR) is 107 cm³/mol. The van der Waals surface area contributed by atoms with Crippen LogP contribution in [0.15, 0.2) is 47.6 Å². The molecule has 0 amide bonds. The Labute approximate surface area is 161 Å². The number of guanidine groups is 1. The summed E-state index contributed by atoms with van der Waals surface area (Å²) in [4.78, 5) is 11.3. The number of nitrogens with one attached hydrogen (secondary N) is 1. The molecule has 1 atom stereocenters. The fourth-order valence-corrected chi connectivity index (χ4v) is 3.23. The van der Waals surface area contributed by atoms with Crippen LogP contribution >= 0.6 is 0 Å². The number of hydrogen-bond donors (Lipinski definition) is 1. The Kier molecular flexibility index (Phi) is 6.65. The molecule has 1 aliphatic rings. The first kappa shape index (κ1) is 19.2. The lowest BCUT2D eigenvalue weighted by Gasteiger charge is -2.35. The Hall–Kier alpha value is -2.60. The Morgan fingerprint density at radius 3 is 3.00 bits per heavy atom. The summed E-state index contributed by atoms with van der Waals surface area (Å²) in [5.41, 5.74) is 3.58. The summed E-state index contributed by atoms with van der Waals surface area (Å²) in [7, 11) is 1.62. The first-order valence-corrected chi connectivity index (χ1v) is 9.40. The van der Waals surface area contributed by atoms with Gasteiger partial charge in [-0.1, -0.05) is 24.3 Å². The number of morpholine rings is 1. The first-order chi connectivity index (χ1) is 13.2. The van der Waals surface area contributed by atoms with E-state index in [0.717, 1.165) is 31.2 Å². The molecule has 1 saturated heterocycles. The maximum absolute atomic E-state index is 6.05. The minimum absolute atomic E-state index is 0.0600. The smallest absolute Gasteiger partial charge is 0.213 e. The first-order valence-electron chi connectivity index (χ1n) is 9.40. The Morgan fingerprint density at radius 2 is 2.22 bits per heavy atom. The van der Waals surface area contributed by atoms with Gasteiger partial charge in [0.05, 0.1) is 26.8 Å². The normalized spacial score (nSPS) is 17.7. The van der Waals surface area contributed by atoms with Gasteiger partial charge in [-0.3, -0.25) is 0 Å². The molecule has 1 unspecified atom stereocenters. The number of aromatic nitrogens is 1. The van der Waals surface area contributed by atoms with Crippen molar-refractivity contribution in [1.29, 1.82) is 0 Å². The fraction of sp³-hybridized carbons (Fsp3) is 0.429. The molecule has 0 bridgehead atoms. The van der Waals surface area contributed by atoms with E-state index in [9.17, 15) is 0 Å². The van der Waals surface area contributed by atoms with Crippen molar-refractivity contribution in [3.05, 3.63) is 59.3 Å². The molecule has 0 spiro atoms. The molecule has 1 N–H and O–H groups in total. The molecule has 0 radical (unpaired) electrons. The van der Waals surface area contributed by atoms with Gasteiger partial charge in [0.15, 0.2) is 5.96 Å². The summed E-state index contributed by atoms with van der Waals surface area (Å²) in [5, 5.41) is 3.41. The number of ether oxygens (including phenoxy) is 2. The van der Waals surface area contributed by atoms with Gasteiger partial charge in [0.2, 0.25) is 5.88 Å². The van der Waals surface area contributed by atoms with Gasteiger partial charge in [-0.15, -0.1) is 0 Å². The largest absolute Gasteiger partial charge is 0.481 e. The second-order valence-electron chi connectivity index (χ2n) is 6.54. The highest BCUT2D eigenvalue weighted by Gasteiger charge is 2.25.